The second-order valence-electron chi connectivity index (χ2n) is 10.7. The van der Waals surface area contributed by atoms with E-state index < -0.39 is 0 Å². The van der Waals surface area contributed by atoms with Gasteiger partial charge in [-0.1, -0.05) is 36.4 Å². The van der Waals surface area contributed by atoms with Gasteiger partial charge in [-0.3, -0.25) is 14.8 Å². The predicted molar refractivity (Wildman–Crippen MR) is 159 cm³/mol. The number of aryl methyl sites for hydroxylation is 2. The summed E-state index contributed by atoms with van der Waals surface area (Å²) in [5.74, 6) is 1.92. The van der Waals surface area contributed by atoms with Crippen molar-refractivity contribution in [3.8, 4) is 28.3 Å². The van der Waals surface area contributed by atoms with Crippen LogP contribution in [0.2, 0.25) is 0 Å². The van der Waals surface area contributed by atoms with E-state index >= 15 is 0 Å². The molecule has 3 aromatic heterocycles. The normalized spacial score (nSPS) is 13.5. The summed E-state index contributed by atoms with van der Waals surface area (Å²) in [5, 5.41) is 11.5. The molecule has 3 heterocycles. The first kappa shape index (κ1) is 26.4. The van der Waals surface area contributed by atoms with Gasteiger partial charge in [-0.25, -0.2) is 0 Å². The van der Waals surface area contributed by atoms with E-state index in [4.69, 9.17) is 4.74 Å². The molecule has 1 fully saturated rings. The molecule has 41 heavy (non-hydrogen) atoms. The highest BCUT2D eigenvalue weighted by Crippen LogP contribution is 2.39. The predicted octanol–water partition coefficient (Wildman–Crippen LogP) is 6.79. The van der Waals surface area contributed by atoms with Crippen LogP contribution in [0.1, 0.15) is 59.0 Å². The van der Waals surface area contributed by atoms with Gasteiger partial charge in [-0.05, 0) is 80.6 Å². The number of amides is 1. The lowest BCUT2D eigenvalue weighted by atomic mass is 10.1. The van der Waals surface area contributed by atoms with Crippen molar-refractivity contribution in [2.45, 2.75) is 45.6 Å². The maximum absolute atomic E-state index is 13.2. The largest absolute Gasteiger partial charge is 0.491 e. The van der Waals surface area contributed by atoms with Crippen molar-refractivity contribution in [2.24, 2.45) is 0 Å². The third-order valence-electron chi connectivity index (χ3n) is 7.41. The number of pyridine rings is 2. The van der Waals surface area contributed by atoms with Crippen molar-refractivity contribution < 1.29 is 9.53 Å². The van der Waals surface area contributed by atoms with Gasteiger partial charge in [0.1, 0.15) is 24.4 Å². The van der Waals surface area contributed by atoms with Gasteiger partial charge in [-0.15, -0.1) is 10.2 Å². The number of ether oxygens (including phenoxy) is 1. The van der Waals surface area contributed by atoms with Gasteiger partial charge in [0.2, 0.25) is 0 Å². The van der Waals surface area contributed by atoms with Crippen molar-refractivity contribution >= 4 is 11.6 Å². The molecule has 8 heteroatoms. The summed E-state index contributed by atoms with van der Waals surface area (Å²) in [6.07, 6.45) is 7.67. The molecule has 8 nitrogen and oxygen atoms in total. The highest BCUT2D eigenvalue weighted by Gasteiger charge is 2.24. The number of hydrogen-bond donors (Lipinski definition) is 1. The van der Waals surface area contributed by atoms with Crippen LogP contribution in [0.15, 0.2) is 85.5 Å². The first-order chi connectivity index (χ1) is 20.0. The second-order valence-corrected chi connectivity index (χ2v) is 10.7. The number of hydrogen-bond acceptors (Lipinski definition) is 6. The summed E-state index contributed by atoms with van der Waals surface area (Å²) >= 11 is 0. The van der Waals surface area contributed by atoms with Crippen LogP contribution >= 0.6 is 0 Å². The molecule has 5 aromatic rings. The standard InChI is InChI=1S/C33H32N6O2/c1-21-6-4-7-22(2)31(21)41-19-23(3)39-20-36-38-32(39)26-8-5-9-28(16-26)37-33(40)30-17-25(14-15-34-30)27-12-13-29(35-18-27)24-10-11-24/h4-9,12-18,20,23-24H,10-11,19H2,1-3H3,(H,37,40)/t23-/m0/s1. The molecule has 0 aliphatic heterocycles. The minimum atomic E-state index is -0.289. The molecular weight excluding hydrogens is 512 g/mol. The van der Waals surface area contributed by atoms with E-state index in [1.54, 1.807) is 18.6 Å². The van der Waals surface area contributed by atoms with Gasteiger partial charge in [0.05, 0.1) is 6.04 Å². The Kier molecular flexibility index (Phi) is 7.29. The number of carbonyl (C=O) groups is 1. The molecule has 0 saturated heterocycles. The van der Waals surface area contributed by atoms with Crippen LogP contribution < -0.4 is 10.1 Å². The zero-order valence-electron chi connectivity index (χ0n) is 23.4. The zero-order valence-corrected chi connectivity index (χ0v) is 23.4. The molecule has 1 amide bonds. The number of nitrogens with one attached hydrogen (secondary N) is 1. The van der Waals surface area contributed by atoms with Crippen molar-refractivity contribution in [3.05, 3.63) is 108 Å². The van der Waals surface area contributed by atoms with E-state index in [9.17, 15) is 4.79 Å². The number of para-hydroxylation sites is 1. The van der Waals surface area contributed by atoms with Crippen LogP contribution in [-0.4, -0.2) is 37.2 Å². The van der Waals surface area contributed by atoms with Crippen molar-refractivity contribution in [1.82, 2.24) is 24.7 Å². The van der Waals surface area contributed by atoms with E-state index in [2.05, 4.69) is 44.5 Å². The summed E-state index contributed by atoms with van der Waals surface area (Å²) in [7, 11) is 0. The Balaban J connectivity index is 1.15. The van der Waals surface area contributed by atoms with Crippen LogP contribution in [0, 0.1) is 13.8 Å². The van der Waals surface area contributed by atoms with Gasteiger partial charge >= 0.3 is 0 Å². The Labute approximate surface area is 239 Å². The monoisotopic (exact) mass is 544 g/mol. The Morgan fingerprint density at radius 2 is 1.78 bits per heavy atom. The number of anilines is 1. The van der Waals surface area contributed by atoms with Crippen molar-refractivity contribution in [3.63, 3.8) is 0 Å². The van der Waals surface area contributed by atoms with Crippen molar-refractivity contribution in [2.75, 3.05) is 11.9 Å². The lowest BCUT2D eigenvalue weighted by molar-refractivity contribution is 0.102. The molecule has 0 bridgehead atoms. The molecule has 0 radical (unpaired) electrons. The molecule has 1 saturated carbocycles. The third-order valence-corrected chi connectivity index (χ3v) is 7.41. The molecule has 6 rings (SSSR count). The van der Waals surface area contributed by atoms with Crippen LogP contribution in [0.25, 0.3) is 22.5 Å². The minimum Gasteiger partial charge on any atom is -0.491 e. The molecule has 206 valence electrons. The molecule has 1 aliphatic carbocycles. The average molecular weight is 545 g/mol. The number of carbonyl (C=O) groups excluding carboxylic acids is 1. The maximum Gasteiger partial charge on any atom is 0.274 e. The molecule has 1 aliphatic rings. The summed E-state index contributed by atoms with van der Waals surface area (Å²) in [4.78, 5) is 22.1. The number of aromatic nitrogens is 5. The number of nitrogens with zero attached hydrogens (tertiary/aromatic N) is 5. The van der Waals surface area contributed by atoms with Gasteiger partial charge < -0.3 is 14.6 Å². The second kappa shape index (κ2) is 11.3. The lowest BCUT2D eigenvalue weighted by Crippen LogP contribution is -2.16. The fourth-order valence-corrected chi connectivity index (χ4v) is 4.95. The first-order valence-electron chi connectivity index (χ1n) is 13.9. The molecule has 0 spiro atoms. The molecule has 1 N–H and O–H groups in total. The molecular formula is C33H32N6O2. The zero-order chi connectivity index (χ0) is 28.3. The van der Waals surface area contributed by atoms with Gasteiger partial charge in [0.25, 0.3) is 5.91 Å². The average Bonchev–Trinajstić information content (AvgIpc) is 3.72. The number of benzene rings is 2. The van der Waals surface area contributed by atoms with E-state index in [1.165, 1.54) is 12.8 Å². The summed E-state index contributed by atoms with van der Waals surface area (Å²) in [6, 6.07) is 21.5. The topological polar surface area (TPSA) is 94.8 Å². The van der Waals surface area contributed by atoms with Gasteiger partial charge in [0.15, 0.2) is 5.82 Å². The fourth-order valence-electron chi connectivity index (χ4n) is 4.95. The van der Waals surface area contributed by atoms with Gasteiger partial charge in [-0.2, -0.15) is 0 Å². The molecule has 2 aromatic carbocycles. The smallest absolute Gasteiger partial charge is 0.274 e. The highest BCUT2D eigenvalue weighted by atomic mass is 16.5. The van der Waals surface area contributed by atoms with Crippen molar-refractivity contribution in [1.29, 1.82) is 0 Å². The minimum absolute atomic E-state index is 0.0166. The Hall–Kier alpha value is -4.85. The lowest BCUT2D eigenvalue weighted by Gasteiger charge is -2.18. The molecule has 0 unspecified atom stereocenters. The summed E-state index contributed by atoms with van der Waals surface area (Å²) in [5.41, 5.74) is 7.02. The van der Waals surface area contributed by atoms with Crippen LogP contribution in [0.5, 0.6) is 5.75 Å². The van der Waals surface area contributed by atoms with Crippen LogP contribution in [-0.2, 0) is 0 Å². The third kappa shape index (κ3) is 5.87. The quantitative estimate of drug-likeness (QED) is 0.220. The SMILES string of the molecule is Cc1cccc(C)c1OC[C@H](C)n1cnnc1-c1cccc(NC(=O)c2cc(-c3ccc(C4CC4)nc3)ccn2)c1. The highest BCUT2D eigenvalue weighted by molar-refractivity contribution is 6.03. The van der Waals surface area contributed by atoms with E-state index in [-0.39, 0.29) is 11.9 Å². The summed E-state index contributed by atoms with van der Waals surface area (Å²) in [6.45, 7) is 6.63. The Morgan fingerprint density at radius 1 is 0.976 bits per heavy atom. The van der Waals surface area contributed by atoms with E-state index in [1.807, 2.05) is 73.1 Å². The van der Waals surface area contributed by atoms with E-state index in [0.717, 1.165) is 39.3 Å². The van der Waals surface area contributed by atoms with Gasteiger partial charge in [0, 0.05) is 40.8 Å². The van der Waals surface area contributed by atoms with Crippen LogP contribution in [0.4, 0.5) is 5.69 Å². The Morgan fingerprint density at radius 3 is 2.54 bits per heavy atom. The maximum atomic E-state index is 13.2. The Bertz CT molecular complexity index is 1670. The fraction of sp³-hybridized carbons (Fsp3) is 0.242. The van der Waals surface area contributed by atoms with E-state index in [0.29, 0.717) is 29.7 Å². The molecule has 1 atom stereocenters. The number of rotatable bonds is 9. The first-order valence-corrected chi connectivity index (χ1v) is 13.9. The van der Waals surface area contributed by atoms with Crippen LogP contribution in [0.3, 0.4) is 0 Å². The summed E-state index contributed by atoms with van der Waals surface area (Å²) < 4.78 is 8.17.